The van der Waals surface area contributed by atoms with E-state index in [2.05, 4.69) is 47.4 Å². The van der Waals surface area contributed by atoms with Crippen LogP contribution < -0.4 is 5.32 Å². The van der Waals surface area contributed by atoms with Crippen molar-refractivity contribution in [2.75, 3.05) is 20.1 Å². The fraction of sp³-hybridized carbons (Fsp3) is 0.673. The molecular formula is C52H69N5O7. The van der Waals surface area contributed by atoms with E-state index in [0.717, 1.165) is 66.5 Å². The van der Waals surface area contributed by atoms with Crippen LogP contribution in [-0.4, -0.2) is 104 Å². The largest absolute Gasteiger partial charge is 0.361 e. The molecule has 3 N–H and O–H groups in total. The predicted molar refractivity (Wildman–Crippen MR) is 243 cm³/mol. The van der Waals surface area contributed by atoms with Crippen molar-refractivity contribution in [1.29, 1.82) is 0 Å². The minimum absolute atomic E-state index is 0.150. The van der Waals surface area contributed by atoms with Gasteiger partial charge in [0.2, 0.25) is 17.5 Å². The number of allylic oxidation sites excluding steroid dienone is 1. The van der Waals surface area contributed by atoms with Gasteiger partial charge >= 0.3 is 0 Å². The molecule has 4 aliphatic heterocycles. The van der Waals surface area contributed by atoms with Crippen molar-refractivity contribution in [3.8, 4) is 0 Å². The summed E-state index contributed by atoms with van der Waals surface area (Å²) in [6.07, 6.45) is 17.2. The molecule has 64 heavy (non-hydrogen) atoms. The van der Waals surface area contributed by atoms with Crippen LogP contribution in [0, 0.1) is 52.3 Å². The first-order valence-electron chi connectivity index (χ1n) is 24.5. The highest BCUT2D eigenvalue weighted by molar-refractivity contribution is 6.01. The van der Waals surface area contributed by atoms with E-state index in [1.165, 1.54) is 47.1 Å². The number of fused-ring (bicyclic) bond motifs is 10. The molecule has 12 nitrogen and oxygen atoms in total. The number of carbonyl (C=O) groups is 5. The summed E-state index contributed by atoms with van der Waals surface area (Å²) < 4.78 is 6.40. The lowest BCUT2D eigenvalue weighted by Gasteiger charge is -2.58. The van der Waals surface area contributed by atoms with Gasteiger partial charge in [0.25, 0.3) is 11.8 Å². The van der Waals surface area contributed by atoms with Gasteiger partial charge in [-0.1, -0.05) is 65.3 Å². The second-order valence-electron chi connectivity index (χ2n) is 22.4. The smallest absolute Gasteiger partial charge is 0.281 e. The molecule has 3 amide bonds. The maximum atomic E-state index is 14.3. The molecule has 2 aromatic rings. The highest BCUT2D eigenvalue weighted by Gasteiger charge is 2.72. The van der Waals surface area contributed by atoms with Gasteiger partial charge in [0.1, 0.15) is 17.9 Å². The van der Waals surface area contributed by atoms with Crippen molar-refractivity contribution in [2.24, 2.45) is 52.3 Å². The number of likely N-dealkylation sites (N-methyl/N-ethyl adjacent to an activating group) is 1. The first kappa shape index (κ1) is 43.7. The van der Waals surface area contributed by atoms with Crippen LogP contribution in [0.25, 0.3) is 16.5 Å². The maximum absolute atomic E-state index is 14.3. The molecule has 3 saturated carbocycles. The molecule has 11 rings (SSSR count). The Bertz CT molecular complexity index is 2380. The van der Waals surface area contributed by atoms with E-state index in [0.29, 0.717) is 43.4 Å². The quantitative estimate of drug-likeness (QED) is 0.298. The highest BCUT2D eigenvalue weighted by atomic mass is 16.7. The number of carbonyl (C=O) groups excluding carboxylic acids is 5. The van der Waals surface area contributed by atoms with E-state index in [1.807, 2.05) is 39.1 Å². The first-order valence-corrected chi connectivity index (χ1v) is 24.5. The van der Waals surface area contributed by atoms with Crippen LogP contribution in [0.5, 0.6) is 0 Å². The van der Waals surface area contributed by atoms with Crippen molar-refractivity contribution in [3.63, 3.8) is 0 Å². The van der Waals surface area contributed by atoms with Gasteiger partial charge in [0.05, 0.1) is 5.92 Å². The summed E-state index contributed by atoms with van der Waals surface area (Å²) in [5.41, 5.74) is 4.73. The van der Waals surface area contributed by atoms with E-state index in [9.17, 15) is 29.1 Å². The van der Waals surface area contributed by atoms with Crippen LogP contribution in [0.2, 0.25) is 0 Å². The van der Waals surface area contributed by atoms with Gasteiger partial charge in [0.15, 0.2) is 5.78 Å². The number of amides is 3. The molecule has 344 valence electrons. The molecule has 12 atom stereocenters. The highest BCUT2D eigenvalue weighted by Crippen LogP contribution is 2.66. The van der Waals surface area contributed by atoms with Crippen LogP contribution in [-0.2, 0) is 35.1 Å². The molecule has 0 bridgehead atoms. The summed E-state index contributed by atoms with van der Waals surface area (Å²) in [6, 6.07) is 4.80. The number of ether oxygens (including phenoxy) is 1. The van der Waals surface area contributed by atoms with Crippen LogP contribution >= 0.6 is 0 Å². The van der Waals surface area contributed by atoms with E-state index in [-0.39, 0.29) is 34.6 Å². The lowest BCUT2D eigenvalue weighted by atomic mass is 9.47. The van der Waals surface area contributed by atoms with E-state index < -0.39 is 41.5 Å². The molecular weight excluding hydrogens is 807 g/mol. The predicted octanol–water partition coefficient (Wildman–Crippen LogP) is 6.76. The Balaban J connectivity index is 0.000000178. The minimum atomic E-state index is -2.01. The van der Waals surface area contributed by atoms with Crippen molar-refractivity contribution in [1.82, 2.24) is 25.0 Å². The average Bonchev–Trinajstić information content (AvgIpc) is 4.04. The molecule has 6 fully saturated rings. The SMILES string of the molecule is CC(=O)[C@H]1CC[C@H]2[C@@H]3CCC4=CC(=O)CC[C@]4(C)[C@H]3CC[C@]12C.CC(C)[C@@H]1C(=O)N2CCC[C@H]2[C@]2(O)O[C@](NC(=O)[C@@H]3C=C4c5cccc6[nH]cc(c56)C[C@H]4N(C)C3)(C(C)C)C(=O)N12. The zero-order valence-corrected chi connectivity index (χ0v) is 39.2. The Morgan fingerprint density at radius 1 is 0.984 bits per heavy atom. The lowest BCUT2D eigenvalue weighted by Crippen LogP contribution is -2.72. The Hall–Kier alpha value is -4.13. The van der Waals surface area contributed by atoms with Gasteiger partial charge in [-0.25, -0.2) is 0 Å². The van der Waals surface area contributed by atoms with Gasteiger partial charge in [-0.05, 0) is 142 Å². The normalized spacial score (nSPS) is 39.9. The van der Waals surface area contributed by atoms with Gasteiger partial charge in [0, 0.05) is 54.5 Å². The van der Waals surface area contributed by atoms with E-state index in [4.69, 9.17) is 4.74 Å². The van der Waals surface area contributed by atoms with Crippen molar-refractivity contribution in [2.45, 2.75) is 149 Å². The molecule has 0 spiro atoms. The summed E-state index contributed by atoms with van der Waals surface area (Å²) in [6.45, 7) is 15.0. The number of nitrogens with one attached hydrogen (secondary N) is 2. The van der Waals surface area contributed by atoms with Crippen molar-refractivity contribution < 1.29 is 33.8 Å². The second-order valence-corrected chi connectivity index (χ2v) is 22.4. The van der Waals surface area contributed by atoms with Crippen LogP contribution in [0.1, 0.15) is 124 Å². The van der Waals surface area contributed by atoms with E-state index in [1.54, 1.807) is 25.7 Å². The number of Topliss-reactive ketones (excluding diaryl/α,β-unsaturated/α-hetero) is 1. The summed E-state index contributed by atoms with van der Waals surface area (Å²) >= 11 is 0. The zero-order valence-electron chi connectivity index (χ0n) is 39.2. The molecule has 3 saturated heterocycles. The van der Waals surface area contributed by atoms with E-state index >= 15 is 0 Å². The number of piperazine rings is 1. The summed E-state index contributed by atoms with van der Waals surface area (Å²) in [7, 11) is 2.03. The number of benzene rings is 1. The van der Waals surface area contributed by atoms with Crippen LogP contribution in [0.3, 0.4) is 0 Å². The third kappa shape index (κ3) is 6.19. The molecule has 1 aromatic heterocycles. The first-order chi connectivity index (χ1) is 30.3. The Morgan fingerprint density at radius 3 is 2.50 bits per heavy atom. The third-order valence-electron chi connectivity index (χ3n) is 18.5. The standard InChI is InChI=1S/C31H39N5O5.C21H30O2/c1-16(2)26-28(38)35-11-7-10-24(35)31(40)36(26)29(39)30(41-31,17(3)4)33-27(37)19-12-21-20-8-6-9-22-25(20)18(14-32-22)13-23(21)34(5)15-19;1-13(22)17-6-7-18-16-5-4-14-12-15(23)8-10-20(14,2)19(16)9-11-21(17,18)3/h6,8-9,12,14,16-17,19,23-24,26,32,40H,7,10-11,13,15H2,1-5H3,(H,33,37);12,16-19H,4-11H2,1-3H3/t19-,23-,24+,26-,30-,31+;16-,17+,18-,19-,20-,21+/m10/s1. The van der Waals surface area contributed by atoms with Crippen LogP contribution in [0.4, 0.5) is 0 Å². The second kappa shape index (κ2) is 15.2. The van der Waals surface area contributed by atoms with Gasteiger partial charge in [-0.3, -0.25) is 38.5 Å². The fourth-order valence-electron chi connectivity index (χ4n) is 15.2. The lowest BCUT2D eigenvalue weighted by molar-refractivity contribution is -0.323. The van der Waals surface area contributed by atoms with Gasteiger partial charge in [-0.2, -0.15) is 0 Å². The summed E-state index contributed by atoms with van der Waals surface area (Å²) in [5, 5.41) is 16.2. The minimum Gasteiger partial charge on any atom is -0.361 e. The number of rotatable bonds is 5. The Morgan fingerprint density at radius 2 is 1.77 bits per heavy atom. The number of aromatic amines is 1. The van der Waals surface area contributed by atoms with Crippen molar-refractivity contribution in [3.05, 3.63) is 53.2 Å². The summed E-state index contributed by atoms with van der Waals surface area (Å²) in [5.74, 6) is -1.07. The number of ketones is 2. The van der Waals surface area contributed by atoms with Crippen molar-refractivity contribution >= 4 is 45.8 Å². The molecule has 0 radical (unpaired) electrons. The molecule has 5 heterocycles. The number of aromatic nitrogens is 1. The maximum Gasteiger partial charge on any atom is 0.281 e. The zero-order chi connectivity index (χ0) is 45.4. The molecule has 9 aliphatic rings. The average molecular weight is 876 g/mol. The van der Waals surface area contributed by atoms with Gasteiger partial charge < -0.3 is 20.3 Å². The molecule has 0 unspecified atom stereocenters. The Kier molecular flexibility index (Phi) is 10.4. The number of H-pyrrole nitrogens is 1. The number of aliphatic hydroxyl groups is 1. The number of nitrogens with zero attached hydrogens (tertiary/aromatic N) is 3. The number of hydrogen-bond acceptors (Lipinski definition) is 8. The third-order valence-corrected chi connectivity index (χ3v) is 18.5. The fourth-order valence-corrected chi connectivity index (χ4v) is 15.2. The Labute approximate surface area is 377 Å². The van der Waals surface area contributed by atoms with Gasteiger partial charge in [-0.15, -0.1) is 0 Å². The molecule has 1 aromatic carbocycles. The number of hydrogen-bond donors (Lipinski definition) is 3. The molecule has 5 aliphatic carbocycles. The molecule has 12 heteroatoms. The monoisotopic (exact) mass is 876 g/mol. The summed E-state index contributed by atoms with van der Waals surface area (Å²) in [4.78, 5) is 74.4. The topological polar surface area (TPSA) is 152 Å². The van der Waals surface area contributed by atoms with Crippen LogP contribution in [0.15, 0.2) is 42.1 Å².